The molecule has 12 nitrogen and oxygen atoms in total. The Morgan fingerprint density at radius 2 is 1.36 bits per heavy atom. The largest absolute Gasteiger partial charge is 0.496 e. The van der Waals surface area contributed by atoms with Crippen molar-refractivity contribution in [3.63, 3.8) is 0 Å². The zero-order valence-corrected chi connectivity index (χ0v) is 38.5. The molecule has 0 saturated carbocycles. The van der Waals surface area contributed by atoms with Crippen molar-refractivity contribution in [2.75, 3.05) is 34.5 Å². The van der Waals surface area contributed by atoms with Gasteiger partial charge in [-0.15, -0.1) is 0 Å². The summed E-state index contributed by atoms with van der Waals surface area (Å²) in [4.78, 5) is 13.1. The summed E-state index contributed by atoms with van der Waals surface area (Å²) in [6.45, 7) is 16.2. The normalized spacial score (nSPS) is 11.4. The Morgan fingerprint density at radius 3 is 2.00 bits per heavy atom. The molecule has 0 amide bonds. The fourth-order valence-electron chi connectivity index (χ4n) is 5.62. The Hall–Kier alpha value is -4.94. The van der Waals surface area contributed by atoms with Gasteiger partial charge in [0.15, 0.2) is 11.3 Å². The monoisotopic (exact) mass is 883 g/mol. The number of aromatic nitrogens is 7. The highest BCUT2D eigenvalue weighted by atomic mass is 79.9. The van der Waals surface area contributed by atoms with Crippen LogP contribution in [0.1, 0.15) is 0 Å². The van der Waals surface area contributed by atoms with E-state index < -0.39 is 16.1 Å². The number of pyridine rings is 3. The van der Waals surface area contributed by atoms with Gasteiger partial charge in [0.05, 0.1) is 31.5 Å². The van der Waals surface area contributed by atoms with Gasteiger partial charge in [-0.2, -0.15) is 10.2 Å². The van der Waals surface area contributed by atoms with Gasteiger partial charge in [0.25, 0.3) is 0 Å². The van der Waals surface area contributed by atoms with E-state index in [-0.39, 0.29) is 0 Å². The lowest BCUT2D eigenvalue weighted by Gasteiger charge is -2.15. The van der Waals surface area contributed by atoms with Crippen molar-refractivity contribution >= 4 is 54.1 Å². The molecule has 0 fully saturated rings. The lowest BCUT2D eigenvalue weighted by Crippen LogP contribution is -2.22. The molecule has 0 radical (unpaired) electrons. The van der Waals surface area contributed by atoms with Crippen molar-refractivity contribution in [3.8, 4) is 45.6 Å². The Balaban J connectivity index is 0.000000187. The number of hydrogen-bond donors (Lipinski definition) is 1. The predicted molar refractivity (Wildman–Crippen MR) is 242 cm³/mol. The second-order valence-electron chi connectivity index (χ2n) is 15.8. The number of H-pyrrole nitrogens is 1. The number of hydrogen-bond acceptors (Lipinski definition) is 10. The van der Waals surface area contributed by atoms with Crippen LogP contribution in [0.3, 0.4) is 0 Å². The number of methoxy groups -OCH3 is 3. The number of nitrogens with one attached hydrogen (secondary N) is 1. The topological polar surface area (TPSA) is 131 Å². The smallest absolute Gasteiger partial charge is 0.219 e. The quantitative estimate of drug-likeness (QED) is 0.0832. The average molecular weight is 885 g/mol. The Labute approximate surface area is 351 Å². The first-order chi connectivity index (χ1) is 27.8. The summed E-state index contributed by atoms with van der Waals surface area (Å²) in [6, 6.07) is 27.5. The van der Waals surface area contributed by atoms with Gasteiger partial charge in [-0.1, -0.05) is 69.6 Å². The van der Waals surface area contributed by atoms with Crippen LogP contribution in [0.4, 0.5) is 0 Å². The highest BCUT2D eigenvalue weighted by Crippen LogP contribution is 2.36. The number of fused-ring (bicyclic) bond motifs is 2. The van der Waals surface area contributed by atoms with E-state index in [0.29, 0.717) is 24.0 Å². The van der Waals surface area contributed by atoms with Crippen LogP contribution in [0, 0.1) is 0 Å². The van der Waals surface area contributed by atoms with Gasteiger partial charge in [-0.3, -0.25) is 5.10 Å². The predicted octanol–water partition coefficient (Wildman–Crippen LogP) is 11.0. The summed E-state index contributed by atoms with van der Waals surface area (Å²) in [5, 5.41) is 13.9. The molecule has 0 spiro atoms. The molecule has 1 N–H and O–H groups in total. The third-order valence-corrected chi connectivity index (χ3v) is 12.6. The molecule has 15 heteroatoms. The molecule has 2 aromatic carbocycles. The first-order valence-corrected chi connectivity index (χ1v) is 27.3. The molecule has 306 valence electrons. The van der Waals surface area contributed by atoms with Crippen molar-refractivity contribution in [1.29, 1.82) is 0 Å². The molecule has 7 aromatic rings. The second-order valence-corrected chi connectivity index (χ2v) is 28.0. The summed E-state index contributed by atoms with van der Waals surface area (Å²) in [5.41, 5.74) is 4.97. The van der Waals surface area contributed by atoms with Crippen LogP contribution in [0.5, 0.6) is 23.1 Å². The second kappa shape index (κ2) is 20.7. The van der Waals surface area contributed by atoms with Gasteiger partial charge in [-0.05, 0) is 70.5 Å². The number of halogens is 1. The van der Waals surface area contributed by atoms with E-state index in [1.807, 2.05) is 77.5 Å². The number of nitrogens with zero attached hydrogens (tertiary/aromatic N) is 6. The molecule has 7 rings (SSSR count). The molecule has 0 saturated heterocycles. The number of rotatable bonds is 14. The van der Waals surface area contributed by atoms with E-state index in [0.717, 1.165) is 74.2 Å². The van der Waals surface area contributed by atoms with Crippen LogP contribution in [0.15, 0.2) is 102 Å². The van der Waals surface area contributed by atoms with Crippen LogP contribution in [0.25, 0.3) is 44.6 Å². The van der Waals surface area contributed by atoms with Crippen molar-refractivity contribution in [2.45, 2.75) is 58.1 Å². The standard InChI is InChI=1S/C19H24BrN3O2Si.C18H14N4O2.C6H16OSi/c1-24-17-8-6-5-7-15(17)18-16-11-14(20)12-21-19(16)23(22-18)13-25-9-10-26(2,3)4;1-23-15-7-3-2-6-13(15)17-14-10-12(11-20-18(14)22-21-17)24-16-8-4-5-9-19-16;1-7-5-6-8(2,3)4/h5-8,11-12H,9-10,13H2,1-4H3;2-11H,1H3,(H,20,21,22);5-6H2,1-4H3. The molecular formula is C43H54BrN7O5Si2. The molecule has 58 heavy (non-hydrogen) atoms. The van der Waals surface area contributed by atoms with Crippen molar-refractivity contribution < 1.29 is 23.7 Å². The van der Waals surface area contributed by atoms with Crippen LogP contribution in [0.2, 0.25) is 51.4 Å². The summed E-state index contributed by atoms with van der Waals surface area (Å²) in [5.74, 6) is 2.66. The Morgan fingerprint density at radius 1 is 0.707 bits per heavy atom. The van der Waals surface area contributed by atoms with Gasteiger partial charge in [0, 0.05) is 75.9 Å². The number of para-hydroxylation sites is 2. The SMILES string of the molecule is COCC[Si](C)(C)C.COc1ccccc1-c1[nH]nc2ncc(Oc3ccccn3)cc12.COc1ccccc1-c1nn(COCC[Si](C)(C)C)c2ncc(Br)cc12. The zero-order valence-electron chi connectivity index (χ0n) is 34.9. The average Bonchev–Trinajstić information content (AvgIpc) is 3.79. The molecule has 0 aliphatic carbocycles. The van der Waals surface area contributed by atoms with Gasteiger partial charge >= 0.3 is 0 Å². The lowest BCUT2D eigenvalue weighted by molar-refractivity contribution is 0.0814. The van der Waals surface area contributed by atoms with E-state index in [9.17, 15) is 0 Å². The maximum Gasteiger partial charge on any atom is 0.219 e. The van der Waals surface area contributed by atoms with E-state index in [1.165, 1.54) is 6.04 Å². The fourth-order valence-corrected chi connectivity index (χ4v) is 7.53. The van der Waals surface area contributed by atoms with Gasteiger partial charge in [0.2, 0.25) is 5.88 Å². The van der Waals surface area contributed by atoms with Crippen LogP contribution >= 0.6 is 15.9 Å². The minimum absolute atomic E-state index is 0.394. The van der Waals surface area contributed by atoms with E-state index in [4.69, 9.17) is 28.8 Å². The molecule has 0 aliphatic heterocycles. The van der Waals surface area contributed by atoms with Gasteiger partial charge in [-0.25, -0.2) is 19.6 Å². The van der Waals surface area contributed by atoms with Crippen molar-refractivity contribution in [2.24, 2.45) is 0 Å². The summed E-state index contributed by atoms with van der Waals surface area (Å²) < 4.78 is 30.3. The summed E-state index contributed by atoms with van der Waals surface area (Å²) in [7, 11) is 3.17. The molecule has 0 bridgehead atoms. The summed E-state index contributed by atoms with van der Waals surface area (Å²) in [6.07, 6.45) is 5.10. The lowest BCUT2D eigenvalue weighted by atomic mass is 10.1. The third-order valence-electron chi connectivity index (χ3n) is 8.80. The maximum atomic E-state index is 5.89. The Bertz CT molecular complexity index is 2360. The minimum atomic E-state index is -1.11. The van der Waals surface area contributed by atoms with Gasteiger partial charge in [0.1, 0.15) is 29.7 Å². The van der Waals surface area contributed by atoms with Gasteiger partial charge < -0.3 is 23.7 Å². The van der Waals surface area contributed by atoms with Crippen LogP contribution < -0.4 is 14.2 Å². The third kappa shape index (κ3) is 12.5. The zero-order chi connectivity index (χ0) is 41.7. The van der Waals surface area contributed by atoms with Crippen LogP contribution in [-0.2, 0) is 16.2 Å². The van der Waals surface area contributed by atoms with E-state index >= 15 is 0 Å². The first kappa shape index (κ1) is 44.2. The van der Waals surface area contributed by atoms with Crippen molar-refractivity contribution in [1.82, 2.24) is 34.9 Å². The molecule has 5 heterocycles. The fraction of sp³-hybridized carbons (Fsp3) is 0.326. The number of ether oxygens (including phenoxy) is 5. The molecular weight excluding hydrogens is 831 g/mol. The number of aromatic amines is 1. The van der Waals surface area contributed by atoms with E-state index in [1.54, 1.807) is 46.0 Å². The first-order valence-electron chi connectivity index (χ1n) is 19.1. The minimum Gasteiger partial charge on any atom is -0.496 e. The molecule has 5 aromatic heterocycles. The Kier molecular flexibility index (Phi) is 15.7. The van der Waals surface area contributed by atoms with Crippen molar-refractivity contribution in [3.05, 3.63) is 102 Å². The highest BCUT2D eigenvalue weighted by Gasteiger charge is 2.19. The molecule has 0 unspecified atom stereocenters. The molecule has 0 aliphatic rings. The highest BCUT2D eigenvalue weighted by molar-refractivity contribution is 9.10. The molecule has 0 atom stereocenters. The number of benzene rings is 2. The van der Waals surface area contributed by atoms with E-state index in [2.05, 4.69) is 80.4 Å². The maximum absolute atomic E-state index is 5.89. The summed E-state index contributed by atoms with van der Waals surface area (Å²) >= 11 is 3.51. The van der Waals surface area contributed by atoms with Crippen LogP contribution in [-0.4, -0.2) is 85.6 Å².